The van der Waals surface area contributed by atoms with Crippen LogP contribution in [0.5, 0.6) is 0 Å². The Bertz CT molecular complexity index is 408. The summed E-state index contributed by atoms with van der Waals surface area (Å²) in [5, 5.41) is 11.4. The van der Waals surface area contributed by atoms with Gasteiger partial charge in [0.1, 0.15) is 0 Å². The van der Waals surface area contributed by atoms with Gasteiger partial charge in [0.2, 0.25) is 5.91 Å². The molecule has 4 N–H and O–H groups in total. The number of hydrogen-bond acceptors (Lipinski definition) is 3. The number of nitrogens with one attached hydrogen (secondary N) is 1. The van der Waals surface area contributed by atoms with Crippen molar-refractivity contribution < 1.29 is 14.7 Å². The number of rotatable bonds is 7. The summed E-state index contributed by atoms with van der Waals surface area (Å²) in [6.45, 7) is 8.56. The minimum Gasteiger partial charge on any atom is -0.481 e. The summed E-state index contributed by atoms with van der Waals surface area (Å²) in [5.74, 6) is -0.237. The van der Waals surface area contributed by atoms with Crippen molar-refractivity contribution in [1.29, 1.82) is 0 Å². The molecule has 3 atom stereocenters. The number of carbonyl (C=O) groups is 2. The fourth-order valence-electron chi connectivity index (χ4n) is 2.55. The molecule has 1 aliphatic carbocycles. The van der Waals surface area contributed by atoms with Gasteiger partial charge in [-0.1, -0.05) is 32.9 Å². The second kappa shape index (κ2) is 7.07. The Labute approximate surface area is 127 Å². The highest BCUT2D eigenvalue weighted by Gasteiger charge is 2.36. The van der Waals surface area contributed by atoms with Gasteiger partial charge in [0.25, 0.3) is 0 Å². The lowest BCUT2D eigenvalue weighted by molar-refractivity contribution is -0.139. The van der Waals surface area contributed by atoms with Gasteiger partial charge in [-0.3, -0.25) is 9.59 Å². The van der Waals surface area contributed by atoms with Crippen LogP contribution in [0.2, 0.25) is 0 Å². The lowest BCUT2D eigenvalue weighted by Gasteiger charge is -2.28. The maximum atomic E-state index is 11.7. The molecule has 0 aliphatic heterocycles. The van der Waals surface area contributed by atoms with Gasteiger partial charge in [-0.25, -0.2) is 0 Å². The Morgan fingerprint density at radius 1 is 1.33 bits per heavy atom. The largest absolute Gasteiger partial charge is 0.481 e. The van der Waals surface area contributed by atoms with Crippen LogP contribution in [0.1, 0.15) is 47.0 Å². The molecule has 1 aliphatic rings. The molecule has 0 spiro atoms. The van der Waals surface area contributed by atoms with Gasteiger partial charge in [0.15, 0.2) is 0 Å². The van der Waals surface area contributed by atoms with Crippen molar-refractivity contribution in [3.8, 4) is 0 Å². The molecule has 120 valence electrons. The summed E-state index contributed by atoms with van der Waals surface area (Å²) in [6.07, 6.45) is 6.37. The van der Waals surface area contributed by atoms with Crippen LogP contribution < -0.4 is 11.1 Å². The van der Waals surface area contributed by atoms with Gasteiger partial charge >= 0.3 is 5.97 Å². The zero-order valence-electron chi connectivity index (χ0n) is 13.4. The molecular formula is C16H28N2O3. The van der Waals surface area contributed by atoms with E-state index in [-0.39, 0.29) is 17.9 Å². The van der Waals surface area contributed by atoms with E-state index in [2.05, 4.69) is 32.2 Å². The van der Waals surface area contributed by atoms with E-state index < -0.39 is 17.9 Å². The number of nitrogens with two attached hydrogens (primary N) is 1. The highest BCUT2D eigenvalue weighted by atomic mass is 16.4. The normalized spacial score (nSPS) is 20.0. The smallest absolute Gasteiger partial charge is 0.305 e. The Morgan fingerprint density at radius 2 is 1.90 bits per heavy atom. The first-order valence-corrected chi connectivity index (χ1v) is 7.57. The number of amides is 1. The van der Waals surface area contributed by atoms with E-state index in [1.807, 2.05) is 13.0 Å². The average Bonchev–Trinajstić information content (AvgIpc) is 3.10. The van der Waals surface area contributed by atoms with Gasteiger partial charge in [-0.2, -0.15) is 0 Å². The third-order valence-corrected chi connectivity index (χ3v) is 3.84. The van der Waals surface area contributed by atoms with Crippen molar-refractivity contribution in [2.45, 2.75) is 59.0 Å². The van der Waals surface area contributed by atoms with E-state index in [1.165, 1.54) is 12.8 Å². The predicted molar refractivity (Wildman–Crippen MR) is 82.6 cm³/mol. The molecule has 0 heterocycles. The van der Waals surface area contributed by atoms with E-state index in [9.17, 15) is 9.59 Å². The molecule has 0 bridgehead atoms. The molecule has 0 radical (unpaired) electrons. The molecule has 2 unspecified atom stereocenters. The van der Waals surface area contributed by atoms with Gasteiger partial charge in [0, 0.05) is 6.04 Å². The van der Waals surface area contributed by atoms with Gasteiger partial charge in [0.05, 0.1) is 12.5 Å². The molecule has 1 saturated carbocycles. The molecule has 0 aromatic heterocycles. The minimum atomic E-state index is -1.07. The minimum absolute atomic E-state index is 0.152. The van der Waals surface area contributed by atoms with Crippen LogP contribution in [0.15, 0.2) is 12.2 Å². The standard InChI is InChI=1S/C16H28N2O3/c1-10(18-15(21)13(17)9-14(19)20)5-8-12(11-6-7-11)16(2,3)4/h5,8,10-13H,6-7,9,17H2,1-4H3,(H,18,21)(H,19,20)/t10?,12?,13-/m0/s1. The van der Waals surface area contributed by atoms with Crippen LogP contribution in [-0.4, -0.2) is 29.1 Å². The maximum absolute atomic E-state index is 11.7. The maximum Gasteiger partial charge on any atom is 0.305 e. The van der Waals surface area contributed by atoms with Gasteiger partial charge < -0.3 is 16.2 Å². The van der Waals surface area contributed by atoms with Crippen LogP contribution in [-0.2, 0) is 9.59 Å². The second-order valence-electron chi connectivity index (χ2n) is 7.12. The van der Waals surface area contributed by atoms with Gasteiger partial charge in [-0.15, -0.1) is 0 Å². The first-order chi connectivity index (χ1) is 9.61. The molecule has 0 aromatic rings. The summed E-state index contributed by atoms with van der Waals surface area (Å²) < 4.78 is 0. The van der Waals surface area contributed by atoms with Crippen molar-refractivity contribution in [3.05, 3.63) is 12.2 Å². The second-order valence-corrected chi connectivity index (χ2v) is 7.12. The summed E-state index contributed by atoms with van der Waals surface area (Å²) in [6, 6.07) is -1.15. The number of aliphatic carboxylic acids is 1. The van der Waals surface area contributed by atoms with Crippen molar-refractivity contribution in [1.82, 2.24) is 5.32 Å². The van der Waals surface area contributed by atoms with Crippen LogP contribution in [0, 0.1) is 17.3 Å². The highest BCUT2D eigenvalue weighted by Crippen LogP contribution is 2.46. The molecule has 1 amide bonds. The quantitative estimate of drug-likeness (QED) is 0.626. The average molecular weight is 296 g/mol. The first-order valence-electron chi connectivity index (χ1n) is 7.57. The van der Waals surface area contributed by atoms with E-state index in [0.29, 0.717) is 5.92 Å². The molecule has 1 rings (SSSR count). The Kier molecular flexibility index (Phi) is 5.96. The van der Waals surface area contributed by atoms with Crippen LogP contribution in [0.4, 0.5) is 0 Å². The lowest BCUT2D eigenvalue weighted by atomic mass is 9.77. The zero-order valence-corrected chi connectivity index (χ0v) is 13.4. The van der Waals surface area contributed by atoms with Crippen molar-refractivity contribution in [2.75, 3.05) is 0 Å². The monoisotopic (exact) mass is 296 g/mol. The molecule has 21 heavy (non-hydrogen) atoms. The molecule has 5 nitrogen and oxygen atoms in total. The number of allylic oxidation sites excluding steroid dienone is 1. The summed E-state index contributed by atoms with van der Waals surface area (Å²) in [7, 11) is 0. The third kappa shape index (κ3) is 6.29. The Morgan fingerprint density at radius 3 is 2.33 bits per heavy atom. The van der Waals surface area contributed by atoms with E-state index in [1.54, 1.807) is 0 Å². The fourth-order valence-corrected chi connectivity index (χ4v) is 2.55. The molecular weight excluding hydrogens is 268 g/mol. The summed E-state index contributed by atoms with van der Waals surface area (Å²) in [5.41, 5.74) is 5.74. The number of carboxylic acid groups (broad SMARTS) is 1. The van der Waals surface area contributed by atoms with Gasteiger partial charge in [-0.05, 0) is 37.0 Å². The SMILES string of the molecule is CC(C=CC(C1CC1)C(C)(C)C)NC(=O)[C@@H](N)CC(=O)O. The van der Waals surface area contributed by atoms with Crippen molar-refractivity contribution >= 4 is 11.9 Å². The van der Waals surface area contributed by atoms with E-state index in [0.717, 1.165) is 5.92 Å². The van der Waals surface area contributed by atoms with Crippen molar-refractivity contribution in [3.63, 3.8) is 0 Å². The Balaban J connectivity index is 2.51. The fraction of sp³-hybridized carbons (Fsp3) is 0.750. The molecule has 5 heteroatoms. The summed E-state index contributed by atoms with van der Waals surface area (Å²) >= 11 is 0. The first kappa shape index (κ1) is 17.7. The van der Waals surface area contributed by atoms with Crippen molar-refractivity contribution in [2.24, 2.45) is 23.0 Å². The third-order valence-electron chi connectivity index (χ3n) is 3.84. The lowest BCUT2D eigenvalue weighted by Crippen LogP contribution is -2.44. The zero-order chi connectivity index (χ0) is 16.2. The summed E-state index contributed by atoms with van der Waals surface area (Å²) in [4.78, 5) is 22.3. The number of carboxylic acids is 1. The van der Waals surface area contributed by atoms with Crippen LogP contribution >= 0.6 is 0 Å². The van der Waals surface area contributed by atoms with E-state index >= 15 is 0 Å². The topological polar surface area (TPSA) is 92.4 Å². The molecule has 0 saturated heterocycles. The van der Waals surface area contributed by atoms with E-state index in [4.69, 9.17) is 10.8 Å². The highest BCUT2D eigenvalue weighted by molar-refractivity contribution is 5.86. The Hall–Kier alpha value is -1.36. The van der Waals surface area contributed by atoms with Crippen LogP contribution in [0.3, 0.4) is 0 Å². The number of carbonyl (C=O) groups excluding carboxylic acids is 1. The molecule has 0 aromatic carbocycles. The predicted octanol–water partition coefficient (Wildman–Crippen LogP) is 1.92. The van der Waals surface area contributed by atoms with Crippen LogP contribution in [0.25, 0.3) is 0 Å². The number of hydrogen-bond donors (Lipinski definition) is 3. The molecule has 1 fully saturated rings.